The highest BCUT2D eigenvalue weighted by Crippen LogP contribution is 2.22. The van der Waals surface area contributed by atoms with E-state index in [-0.39, 0.29) is 49.6 Å². The zero-order chi connectivity index (χ0) is 26.3. The highest BCUT2D eigenvalue weighted by atomic mass is 32.2. The number of nitrogens with one attached hydrogen (secondary N) is 1. The fourth-order valence-electron chi connectivity index (χ4n) is 3.87. The number of sulfonamides is 1. The summed E-state index contributed by atoms with van der Waals surface area (Å²) in [7, 11) is -3.56. The standard InChI is InChI=1S/C26H36FN3O4S/c1-18(2)28-26(32)21(5)29(17-22-9-11-23(27)12-10-22)25(31)8-7-13-30(35(6,33)34)24-15-19(3)14-20(4)16-24/h9-12,14-16,18,21H,7-8,13,17H2,1-6H3,(H,28,32)/t21-/m0/s1. The van der Waals surface area contributed by atoms with Crippen molar-refractivity contribution in [3.8, 4) is 0 Å². The van der Waals surface area contributed by atoms with Crippen molar-refractivity contribution in [1.82, 2.24) is 10.2 Å². The van der Waals surface area contributed by atoms with Gasteiger partial charge in [-0.15, -0.1) is 0 Å². The molecule has 0 heterocycles. The summed E-state index contributed by atoms with van der Waals surface area (Å²) >= 11 is 0. The third-order valence-electron chi connectivity index (χ3n) is 5.51. The lowest BCUT2D eigenvalue weighted by Crippen LogP contribution is -2.49. The maximum Gasteiger partial charge on any atom is 0.242 e. The number of benzene rings is 2. The van der Waals surface area contributed by atoms with Crippen molar-refractivity contribution in [3.05, 3.63) is 65.0 Å². The molecule has 0 spiro atoms. The minimum atomic E-state index is -3.56. The number of amides is 2. The van der Waals surface area contributed by atoms with E-state index in [1.54, 1.807) is 31.2 Å². The smallest absolute Gasteiger partial charge is 0.242 e. The van der Waals surface area contributed by atoms with Gasteiger partial charge in [-0.1, -0.05) is 18.2 Å². The van der Waals surface area contributed by atoms with Gasteiger partial charge in [0.05, 0.1) is 11.9 Å². The van der Waals surface area contributed by atoms with Crippen LogP contribution in [0.5, 0.6) is 0 Å². The van der Waals surface area contributed by atoms with Gasteiger partial charge in [-0.3, -0.25) is 13.9 Å². The molecule has 0 unspecified atom stereocenters. The average Bonchev–Trinajstić information content (AvgIpc) is 2.73. The van der Waals surface area contributed by atoms with Crippen LogP contribution in [-0.4, -0.2) is 50.0 Å². The summed E-state index contributed by atoms with van der Waals surface area (Å²) in [5.41, 5.74) is 3.14. The Kier molecular flexibility index (Phi) is 9.82. The lowest BCUT2D eigenvalue weighted by atomic mass is 10.1. The van der Waals surface area contributed by atoms with E-state index in [0.717, 1.165) is 17.4 Å². The molecule has 2 aromatic rings. The third kappa shape index (κ3) is 8.65. The lowest BCUT2D eigenvalue weighted by Gasteiger charge is -2.30. The quantitative estimate of drug-likeness (QED) is 0.501. The van der Waals surface area contributed by atoms with Crippen LogP contribution in [0.15, 0.2) is 42.5 Å². The number of hydrogen-bond donors (Lipinski definition) is 1. The van der Waals surface area contributed by atoms with Crippen molar-refractivity contribution in [1.29, 1.82) is 0 Å². The van der Waals surface area contributed by atoms with Crippen molar-refractivity contribution in [2.75, 3.05) is 17.1 Å². The predicted octanol–water partition coefficient (Wildman–Crippen LogP) is 3.93. The molecule has 1 atom stereocenters. The minimum absolute atomic E-state index is 0.0529. The Bertz CT molecular complexity index is 1110. The Labute approximate surface area is 208 Å². The van der Waals surface area contributed by atoms with Crippen LogP contribution in [0.4, 0.5) is 10.1 Å². The van der Waals surface area contributed by atoms with Crippen molar-refractivity contribution in [3.63, 3.8) is 0 Å². The molecule has 0 aliphatic carbocycles. The largest absolute Gasteiger partial charge is 0.352 e. The van der Waals surface area contributed by atoms with Crippen molar-refractivity contribution >= 4 is 27.5 Å². The van der Waals surface area contributed by atoms with Gasteiger partial charge in [0.2, 0.25) is 21.8 Å². The molecule has 1 N–H and O–H groups in total. The molecule has 2 rings (SSSR count). The Hall–Kier alpha value is -2.94. The number of carbonyl (C=O) groups is 2. The highest BCUT2D eigenvalue weighted by molar-refractivity contribution is 7.92. The molecule has 35 heavy (non-hydrogen) atoms. The van der Waals surface area contributed by atoms with Crippen molar-refractivity contribution in [2.24, 2.45) is 0 Å². The van der Waals surface area contributed by atoms with Crippen molar-refractivity contribution < 1.29 is 22.4 Å². The predicted molar refractivity (Wildman–Crippen MR) is 137 cm³/mol. The summed E-state index contributed by atoms with van der Waals surface area (Å²) in [4.78, 5) is 27.3. The first kappa shape index (κ1) is 28.3. The molecule has 2 amide bonds. The number of aryl methyl sites for hydroxylation is 2. The molecule has 0 aliphatic heterocycles. The number of halogens is 1. The van der Waals surface area contributed by atoms with Crippen LogP contribution in [0.3, 0.4) is 0 Å². The molecular formula is C26H36FN3O4S. The van der Waals surface area contributed by atoms with Gasteiger partial charge >= 0.3 is 0 Å². The second kappa shape index (κ2) is 12.2. The first-order valence-corrected chi connectivity index (χ1v) is 13.5. The molecular weight excluding hydrogens is 469 g/mol. The van der Waals surface area contributed by atoms with E-state index in [1.807, 2.05) is 33.8 Å². The molecule has 0 saturated heterocycles. The van der Waals surface area contributed by atoms with Gasteiger partial charge in [0.15, 0.2) is 0 Å². The van der Waals surface area contributed by atoms with E-state index in [1.165, 1.54) is 21.3 Å². The van der Waals surface area contributed by atoms with E-state index in [0.29, 0.717) is 11.3 Å². The topological polar surface area (TPSA) is 86.8 Å². The number of hydrogen-bond acceptors (Lipinski definition) is 4. The normalized spacial score (nSPS) is 12.3. The van der Waals surface area contributed by atoms with Crippen LogP contribution >= 0.6 is 0 Å². The zero-order valence-electron chi connectivity index (χ0n) is 21.3. The number of rotatable bonds is 11. The number of anilines is 1. The average molecular weight is 506 g/mol. The monoisotopic (exact) mass is 505 g/mol. The van der Waals surface area contributed by atoms with Gasteiger partial charge in [-0.25, -0.2) is 12.8 Å². The van der Waals surface area contributed by atoms with E-state index in [9.17, 15) is 22.4 Å². The fourth-order valence-corrected chi connectivity index (χ4v) is 4.82. The van der Waals surface area contributed by atoms with Crippen LogP contribution in [0.25, 0.3) is 0 Å². The molecule has 0 saturated carbocycles. The molecule has 0 radical (unpaired) electrons. The van der Waals surface area contributed by atoms with Gasteiger partial charge in [0, 0.05) is 25.6 Å². The maximum atomic E-state index is 13.3. The SMILES string of the molecule is Cc1cc(C)cc(N(CCCC(=O)N(Cc2ccc(F)cc2)[C@@H](C)C(=O)NC(C)C)S(C)(=O)=O)c1. The zero-order valence-corrected chi connectivity index (χ0v) is 22.2. The van der Waals surface area contributed by atoms with Gasteiger partial charge < -0.3 is 10.2 Å². The first-order valence-electron chi connectivity index (χ1n) is 11.7. The third-order valence-corrected chi connectivity index (χ3v) is 6.71. The van der Waals surface area contributed by atoms with Gasteiger partial charge in [-0.05, 0) is 82.0 Å². The second-order valence-corrected chi connectivity index (χ2v) is 11.2. The summed E-state index contributed by atoms with van der Waals surface area (Å²) in [5.74, 6) is -0.956. The Morgan fingerprint density at radius 3 is 2.09 bits per heavy atom. The van der Waals surface area contributed by atoms with Crippen LogP contribution in [0.1, 0.15) is 50.3 Å². The fraction of sp³-hybridized carbons (Fsp3) is 0.462. The van der Waals surface area contributed by atoms with Crippen LogP contribution in [-0.2, 0) is 26.2 Å². The molecule has 7 nitrogen and oxygen atoms in total. The molecule has 0 aliphatic rings. The van der Waals surface area contributed by atoms with Crippen molar-refractivity contribution in [2.45, 2.75) is 66.1 Å². The molecule has 192 valence electrons. The summed E-state index contributed by atoms with van der Waals surface area (Å²) in [6.45, 7) is 9.39. The first-order chi connectivity index (χ1) is 16.3. The molecule has 0 fully saturated rings. The summed E-state index contributed by atoms with van der Waals surface area (Å²) < 4.78 is 39.6. The Morgan fingerprint density at radius 2 is 1.57 bits per heavy atom. The summed E-state index contributed by atoms with van der Waals surface area (Å²) in [6.07, 6.45) is 1.47. The number of carbonyl (C=O) groups excluding carboxylic acids is 2. The summed E-state index contributed by atoms with van der Waals surface area (Å²) in [5, 5.41) is 2.82. The lowest BCUT2D eigenvalue weighted by molar-refractivity contribution is -0.140. The van der Waals surface area contributed by atoms with Crippen LogP contribution in [0.2, 0.25) is 0 Å². The van der Waals surface area contributed by atoms with E-state index in [4.69, 9.17) is 0 Å². The number of nitrogens with zero attached hydrogens (tertiary/aromatic N) is 2. The van der Waals surface area contributed by atoms with Gasteiger partial charge in [-0.2, -0.15) is 0 Å². The second-order valence-electron chi connectivity index (χ2n) is 9.27. The Morgan fingerprint density at radius 1 is 1.00 bits per heavy atom. The van der Waals surface area contributed by atoms with Gasteiger partial charge in [0.1, 0.15) is 11.9 Å². The Balaban J connectivity index is 2.19. The van der Waals surface area contributed by atoms with E-state index < -0.39 is 16.1 Å². The minimum Gasteiger partial charge on any atom is -0.352 e. The van der Waals surface area contributed by atoms with E-state index in [2.05, 4.69) is 5.32 Å². The van der Waals surface area contributed by atoms with Gasteiger partial charge in [0.25, 0.3) is 0 Å². The van der Waals surface area contributed by atoms with Crippen LogP contribution in [0, 0.1) is 19.7 Å². The molecule has 2 aromatic carbocycles. The molecule has 9 heteroatoms. The summed E-state index contributed by atoms with van der Waals surface area (Å²) in [6, 6.07) is 10.5. The molecule has 0 bridgehead atoms. The van der Waals surface area contributed by atoms with E-state index >= 15 is 0 Å². The molecule has 0 aromatic heterocycles. The maximum absolute atomic E-state index is 13.3. The highest BCUT2D eigenvalue weighted by Gasteiger charge is 2.27. The van der Waals surface area contributed by atoms with Crippen LogP contribution < -0.4 is 9.62 Å².